The zero-order chi connectivity index (χ0) is 15.4. The second kappa shape index (κ2) is 6.35. The first kappa shape index (κ1) is 14.8. The number of benzene rings is 2. The number of carbonyl (C=O) groups is 1. The molecule has 1 fully saturated rings. The van der Waals surface area contributed by atoms with Crippen molar-refractivity contribution in [3.8, 4) is 0 Å². The van der Waals surface area contributed by atoms with E-state index in [1.807, 2.05) is 30.3 Å². The summed E-state index contributed by atoms with van der Waals surface area (Å²) in [5.41, 5.74) is 3.25. The first-order valence-corrected chi connectivity index (χ1v) is 8.11. The van der Waals surface area contributed by atoms with Gasteiger partial charge < -0.3 is 5.32 Å². The molecule has 3 rings (SSSR count). The Morgan fingerprint density at radius 3 is 2.32 bits per heavy atom. The topological polar surface area (TPSA) is 29.1 Å². The summed E-state index contributed by atoms with van der Waals surface area (Å²) in [6.45, 7) is 2.70. The van der Waals surface area contributed by atoms with Crippen LogP contribution in [-0.4, -0.2) is 5.91 Å². The molecule has 22 heavy (non-hydrogen) atoms. The molecule has 1 saturated carbocycles. The molecule has 0 atom stereocenters. The number of hydrogen-bond donors (Lipinski definition) is 1. The zero-order valence-electron chi connectivity index (χ0n) is 13.1. The molecule has 0 unspecified atom stereocenters. The molecule has 0 aromatic heterocycles. The molecule has 0 heterocycles. The molecule has 2 aromatic rings. The van der Waals surface area contributed by atoms with E-state index < -0.39 is 0 Å². The van der Waals surface area contributed by atoms with E-state index in [0.29, 0.717) is 6.54 Å². The second-order valence-electron chi connectivity index (χ2n) is 6.26. The molecule has 0 spiro atoms. The molecule has 0 saturated heterocycles. The van der Waals surface area contributed by atoms with Gasteiger partial charge in [0.15, 0.2) is 0 Å². The van der Waals surface area contributed by atoms with Crippen LogP contribution in [0.5, 0.6) is 0 Å². The summed E-state index contributed by atoms with van der Waals surface area (Å²) in [4.78, 5) is 12.9. The molecule has 0 aliphatic heterocycles. The second-order valence-corrected chi connectivity index (χ2v) is 6.26. The maximum Gasteiger partial charge on any atom is 0.230 e. The number of aryl methyl sites for hydroxylation is 1. The smallest absolute Gasteiger partial charge is 0.230 e. The largest absolute Gasteiger partial charge is 0.351 e. The summed E-state index contributed by atoms with van der Waals surface area (Å²) in [5, 5.41) is 3.18. The van der Waals surface area contributed by atoms with Crippen molar-refractivity contribution in [3.63, 3.8) is 0 Å². The molecule has 2 nitrogen and oxygen atoms in total. The molecule has 2 aromatic carbocycles. The fourth-order valence-corrected chi connectivity index (χ4v) is 3.54. The number of nitrogens with one attached hydrogen (secondary N) is 1. The minimum atomic E-state index is -0.329. The summed E-state index contributed by atoms with van der Waals surface area (Å²) in [6, 6.07) is 18.5. The Morgan fingerprint density at radius 1 is 1.00 bits per heavy atom. The van der Waals surface area contributed by atoms with Crippen LogP contribution < -0.4 is 5.32 Å². The molecule has 1 aliphatic rings. The summed E-state index contributed by atoms with van der Waals surface area (Å²) < 4.78 is 0. The Balaban J connectivity index is 1.78. The highest BCUT2D eigenvalue weighted by Crippen LogP contribution is 2.41. The van der Waals surface area contributed by atoms with Crippen LogP contribution in [0.1, 0.15) is 42.4 Å². The summed E-state index contributed by atoms with van der Waals surface area (Å²) in [7, 11) is 0. The average Bonchev–Trinajstić information content (AvgIpc) is 3.06. The van der Waals surface area contributed by atoms with Crippen LogP contribution in [-0.2, 0) is 16.8 Å². The summed E-state index contributed by atoms with van der Waals surface area (Å²) in [6.07, 6.45) is 4.17. The van der Waals surface area contributed by atoms with Gasteiger partial charge in [0.05, 0.1) is 5.41 Å². The van der Waals surface area contributed by atoms with Gasteiger partial charge in [0.1, 0.15) is 0 Å². The van der Waals surface area contributed by atoms with Gasteiger partial charge in [-0.1, -0.05) is 67.4 Å². The fraction of sp³-hybridized carbons (Fsp3) is 0.350. The van der Waals surface area contributed by atoms with E-state index in [1.165, 1.54) is 11.1 Å². The van der Waals surface area contributed by atoms with E-state index in [-0.39, 0.29) is 11.3 Å². The third-order valence-electron chi connectivity index (χ3n) is 4.92. The fourth-order valence-electron chi connectivity index (χ4n) is 3.54. The SMILES string of the molecule is Cc1ccccc1CNC(=O)C1(c2ccccc2)CCCC1. The highest BCUT2D eigenvalue weighted by atomic mass is 16.2. The van der Waals surface area contributed by atoms with E-state index in [9.17, 15) is 4.79 Å². The Hall–Kier alpha value is -2.09. The lowest BCUT2D eigenvalue weighted by Crippen LogP contribution is -2.42. The first-order chi connectivity index (χ1) is 10.7. The lowest BCUT2D eigenvalue weighted by atomic mass is 9.78. The van der Waals surface area contributed by atoms with E-state index >= 15 is 0 Å². The van der Waals surface area contributed by atoms with Gasteiger partial charge in [-0.15, -0.1) is 0 Å². The molecule has 0 bridgehead atoms. The van der Waals surface area contributed by atoms with Gasteiger partial charge in [-0.2, -0.15) is 0 Å². The zero-order valence-corrected chi connectivity index (χ0v) is 13.1. The standard InChI is InChI=1S/C20H23NO/c1-16-9-5-6-10-17(16)15-21-19(22)20(13-7-8-14-20)18-11-3-2-4-12-18/h2-6,9-12H,7-8,13-15H2,1H3,(H,21,22). The monoisotopic (exact) mass is 293 g/mol. The molecule has 2 heteroatoms. The van der Waals surface area contributed by atoms with E-state index in [0.717, 1.165) is 31.2 Å². The van der Waals surface area contributed by atoms with Crippen molar-refractivity contribution in [3.05, 3.63) is 71.3 Å². The van der Waals surface area contributed by atoms with Crippen LogP contribution in [0, 0.1) is 6.92 Å². The first-order valence-electron chi connectivity index (χ1n) is 8.11. The van der Waals surface area contributed by atoms with Gasteiger partial charge in [-0.3, -0.25) is 4.79 Å². The predicted octanol–water partition coefficient (Wildman–Crippen LogP) is 4.12. The van der Waals surface area contributed by atoms with Crippen LogP contribution in [0.2, 0.25) is 0 Å². The highest BCUT2D eigenvalue weighted by molar-refractivity contribution is 5.88. The molecular formula is C20H23NO. The van der Waals surface area contributed by atoms with Gasteiger partial charge in [-0.05, 0) is 36.5 Å². The van der Waals surface area contributed by atoms with Crippen molar-refractivity contribution in [2.75, 3.05) is 0 Å². The Bertz CT molecular complexity index is 642. The van der Waals surface area contributed by atoms with Crippen LogP contribution in [0.25, 0.3) is 0 Å². The van der Waals surface area contributed by atoms with Gasteiger partial charge in [0, 0.05) is 6.54 Å². The van der Waals surface area contributed by atoms with Crippen LogP contribution >= 0.6 is 0 Å². The average molecular weight is 293 g/mol. The lowest BCUT2D eigenvalue weighted by molar-refractivity contribution is -0.126. The Labute approximate surface area is 132 Å². The molecular weight excluding hydrogens is 270 g/mol. The third kappa shape index (κ3) is 2.78. The maximum absolute atomic E-state index is 12.9. The summed E-state index contributed by atoms with van der Waals surface area (Å²) in [5.74, 6) is 0.180. The van der Waals surface area contributed by atoms with E-state index in [4.69, 9.17) is 0 Å². The molecule has 1 amide bonds. The minimum absolute atomic E-state index is 0.180. The van der Waals surface area contributed by atoms with Crippen molar-refractivity contribution >= 4 is 5.91 Å². The minimum Gasteiger partial charge on any atom is -0.351 e. The van der Waals surface area contributed by atoms with E-state index in [2.05, 4.69) is 36.5 Å². The number of rotatable bonds is 4. The number of hydrogen-bond acceptors (Lipinski definition) is 1. The Morgan fingerprint density at radius 2 is 1.64 bits per heavy atom. The van der Waals surface area contributed by atoms with Gasteiger partial charge in [0.25, 0.3) is 0 Å². The van der Waals surface area contributed by atoms with Crippen LogP contribution in [0.15, 0.2) is 54.6 Å². The Kier molecular flexibility index (Phi) is 4.28. The van der Waals surface area contributed by atoms with Crippen LogP contribution in [0.4, 0.5) is 0 Å². The molecule has 114 valence electrons. The number of carbonyl (C=O) groups excluding carboxylic acids is 1. The van der Waals surface area contributed by atoms with Crippen molar-refractivity contribution < 1.29 is 4.79 Å². The highest BCUT2D eigenvalue weighted by Gasteiger charge is 2.42. The maximum atomic E-state index is 12.9. The van der Waals surface area contributed by atoms with Gasteiger partial charge >= 0.3 is 0 Å². The van der Waals surface area contributed by atoms with Crippen molar-refractivity contribution in [1.82, 2.24) is 5.32 Å². The third-order valence-corrected chi connectivity index (χ3v) is 4.92. The molecule has 1 N–H and O–H groups in total. The van der Waals surface area contributed by atoms with Crippen LogP contribution in [0.3, 0.4) is 0 Å². The van der Waals surface area contributed by atoms with Gasteiger partial charge in [-0.25, -0.2) is 0 Å². The quantitative estimate of drug-likeness (QED) is 0.902. The normalized spacial score (nSPS) is 16.4. The van der Waals surface area contributed by atoms with E-state index in [1.54, 1.807) is 0 Å². The predicted molar refractivity (Wildman–Crippen MR) is 89.6 cm³/mol. The summed E-state index contributed by atoms with van der Waals surface area (Å²) >= 11 is 0. The van der Waals surface area contributed by atoms with Gasteiger partial charge in [0.2, 0.25) is 5.91 Å². The number of amides is 1. The van der Waals surface area contributed by atoms with Crippen molar-refractivity contribution in [2.45, 2.75) is 44.6 Å². The molecule has 0 radical (unpaired) electrons. The van der Waals surface area contributed by atoms with Crippen molar-refractivity contribution in [1.29, 1.82) is 0 Å². The lowest BCUT2D eigenvalue weighted by Gasteiger charge is -2.28. The van der Waals surface area contributed by atoms with Crippen molar-refractivity contribution in [2.24, 2.45) is 0 Å². The molecule has 1 aliphatic carbocycles.